The highest BCUT2D eigenvalue weighted by atomic mass is 15.4. The Kier molecular flexibility index (Phi) is 2.24. The van der Waals surface area contributed by atoms with E-state index in [0.29, 0.717) is 11.9 Å². The van der Waals surface area contributed by atoms with Crippen LogP contribution in [0.5, 0.6) is 0 Å². The van der Waals surface area contributed by atoms with E-state index in [1.807, 2.05) is 22.9 Å². The van der Waals surface area contributed by atoms with Crippen LogP contribution in [0.4, 0.5) is 11.6 Å². The summed E-state index contributed by atoms with van der Waals surface area (Å²) in [6.45, 7) is 0.836. The monoisotopic (exact) mass is 229 g/mol. The van der Waals surface area contributed by atoms with Crippen molar-refractivity contribution in [2.75, 3.05) is 11.5 Å². The minimum absolute atomic E-state index is 0.369. The van der Waals surface area contributed by atoms with Crippen LogP contribution in [0.2, 0.25) is 0 Å². The van der Waals surface area contributed by atoms with E-state index in [4.69, 9.17) is 11.5 Å². The molecule has 0 fully saturated rings. The Morgan fingerprint density at radius 2 is 2.18 bits per heavy atom. The third kappa shape index (κ3) is 1.84. The standard InChI is InChI=1S/C12H15N5/c13-10-3-1-2-8(6-10)9-4-5-11-15-12(14)16-17(11)7-9/h1-3,6,9H,4-5,7,13H2,(H2,14,16). The molecule has 5 heteroatoms. The van der Waals surface area contributed by atoms with Crippen molar-refractivity contribution in [3.8, 4) is 0 Å². The van der Waals surface area contributed by atoms with E-state index in [0.717, 1.165) is 30.9 Å². The van der Waals surface area contributed by atoms with Crippen molar-refractivity contribution in [1.29, 1.82) is 0 Å². The average Bonchev–Trinajstić information content (AvgIpc) is 2.68. The number of benzene rings is 1. The van der Waals surface area contributed by atoms with Crippen LogP contribution in [0.25, 0.3) is 0 Å². The van der Waals surface area contributed by atoms with Gasteiger partial charge >= 0.3 is 0 Å². The van der Waals surface area contributed by atoms with Crippen molar-refractivity contribution in [1.82, 2.24) is 14.8 Å². The first kappa shape index (κ1) is 10.1. The molecule has 0 spiro atoms. The fourth-order valence-corrected chi connectivity index (χ4v) is 2.41. The first-order chi connectivity index (χ1) is 8.22. The van der Waals surface area contributed by atoms with Crippen molar-refractivity contribution >= 4 is 11.6 Å². The van der Waals surface area contributed by atoms with Gasteiger partial charge in [-0.3, -0.25) is 0 Å². The predicted octanol–water partition coefficient (Wildman–Crippen LogP) is 1.17. The number of rotatable bonds is 1. The molecule has 1 unspecified atom stereocenters. The number of aromatic nitrogens is 3. The maximum absolute atomic E-state index is 5.81. The lowest BCUT2D eigenvalue weighted by atomic mass is 9.91. The van der Waals surface area contributed by atoms with Gasteiger partial charge in [-0.2, -0.15) is 4.98 Å². The fraction of sp³-hybridized carbons (Fsp3) is 0.333. The molecule has 0 bridgehead atoms. The number of nitrogens with zero attached hydrogens (tertiary/aromatic N) is 3. The summed E-state index contributed by atoms with van der Waals surface area (Å²) in [5.41, 5.74) is 13.5. The molecule has 17 heavy (non-hydrogen) atoms. The Morgan fingerprint density at radius 1 is 1.29 bits per heavy atom. The lowest BCUT2D eigenvalue weighted by Gasteiger charge is -2.22. The zero-order chi connectivity index (χ0) is 11.8. The van der Waals surface area contributed by atoms with Crippen LogP contribution in [-0.4, -0.2) is 14.8 Å². The number of hydrogen-bond acceptors (Lipinski definition) is 4. The topological polar surface area (TPSA) is 82.8 Å². The summed E-state index contributed by atoms with van der Waals surface area (Å²) >= 11 is 0. The first-order valence-electron chi connectivity index (χ1n) is 5.77. The van der Waals surface area contributed by atoms with Gasteiger partial charge in [-0.05, 0) is 24.1 Å². The molecule has 0 saturated carbocycles. The summed E-state index contributed by atoms with van der Waals surface area (Å²) in [6, 6.07) is 8.06. The van der Waals surface area contributed by atoms with Crippen molar-refractivity contribution < 1.29 is 0 Å². The second-order valence-electron chi connectivity index (χ2n) is 4.47. The molecule has 1 atom stereocenters. The molecule has 1 aliphatic rings. The van der Waals surface area contributed by atoms with Crippen molar-refractivity contribution in [2.45, 2.75) is 25.3 Å². The molecule has 0 aliphatic carbocycles. The highest BCUT2D eigenvalue weighted by Gasteiger charge is 2.22. The Morgan fingerprint density at radius 3 is 3.00 bits per heavy atom. The summed E-state index contributed by atoms with van der Waals surface area (Å²) < 4.78 is 1.91. The van der Waals surface area contributed by atoms with E-state index in [1.54, 1.807) is 0 Å². The maximum Gasteiger partial charge on any atom is 0.239 e. The normalized spacial score (nSPS) is 18.9. The van der Waals surface area contributed by atoms with Gasteiger partial charge in [-0.15, -0.1) is 5.10 Å². The molecule has 88 valence electrons. The van der Waals surface area contributed by atoms with Crippen LogP contribution in [0.15, 0.2) is 24.3 Å². The number of fused-ring (bicyclic) bond motifs is 1. The molecule has 1 aliphatic heterocycles. The van der Waals surface area contributed by atoms with Gasteiger partial charge in [0.15, 0.2) is 0 Å². The van der Waals surface area contributed by atoms with Gasteiger partial charge in [-0.25, -0.2) is 4.68 Å². The van der Waals surface area contributed by atoms with Gasteiger partial charge in [0.2, 0.25) is 5.95 Å². The lowest BCUT2D eigenvalue weighted by molar-refractivity contribution is 0.424. The van der Waals surface area contributed by atoms with Gasteiger partial charge in [0.25, 0.3) is 0 Å². The third-order valence-corrected chi connectivity index (χ3v) is 3.26. The average molecular weight is 229 g/mol. The first-order valence-corrected chi connectivity index (χ1v) is 5.77. The molecule has 2 aromatic rings. The van der Waals surface area contributed by atoms with E-state index >= 15 is 0 Å². The smallest absolute Gasteiger partial charge is 0.239 e. The number of nitrogen functional groups attached to an aromatic ring is 2. The molecular weight excluding hydrogens is 214 g/mol. The van der Waals surface area contributed by atoms with E-state index in [-0.39, 0.29) is 0 Å². The zero-order valence-electron chi connectivity index (χ0n) is 9.50. The van der Waals surface area contributed by atoms with Gasteiger partial charge < -0.3 is 11.5 Å². The molecule has 1 aromatic carbocycles. The molecular formula is C12H15N5. The van der Waals surface area contributed by atoms with Crippen LogP contribution >= 0.6 is 0 Å². The highest BCUT2D eigenvalue weighted by molar-refractivity contribution is 5.42. The van der Waals surface area contributed by atoms with Crippen LogP contribution in [0.1, 0.15) is 23.7 Å². The van der Waals surface area contributed by atoms with Gasteiger partial charge in [-0.1, -0.05) is 12.1 Å². The number of nitrogens with two attached hydrogens (primary N) is 2. The largest absolute Gasteiger partial charge is 0.399 e. The molecule has 4 N–H and O–H groups in total. The quantitative estimate of drug-likeness (QED) is 0.719. The lowest BCUT2D eigenvalue weighted by Crippen LogP contribution is -2.20. The highest BCUT2D eigenvalue weighted by Crippen LogP contribution is 2.28. The minimum atomic E-state index is 0.369. The zero-order valence-corrected chi connectivity index (χ0v) is 9.50. The van der Waals surface area contributed by atoms with Crippen molar-refractivity contribution in [3.63, 3.8) is 0 Å². The van der Waals surface area contributed by atoms with Crippen LogP contribution in [-0.2, 0) is 13.0 Å². The van der Waals surface area contributed by atoms with Gasteiger partial charge in [0, 0.05) is 24.6 Å². The SMILES string of the molecule is Nc1cccc(C2CCc3nc(N)nn3C2)c1. The molecule has 3 rings (SSSR count). The Hall–Kier alpha value is -2.04. The summed E-state index contributed by atoms with van der Waals surface area (Å²) in [6.07, 6.45) is 1.99. The second-order valence-corrected chi connectivity index (χ2v) is 4.47. The van der Waals surface area contributed by atoms with Crippen LogP contribution < -0.4 is 11.5 Å². The Balaban J connectivity index is 1.88. The van der Waals surface area contributed by atoms with E-state index in [9.17, 15) is 0 Å². The van der Waals surface area contributed by atoms with E-state index < -0.39 is 0 Å². The predicted molar refractivity (Wildman–Crippen MR) is 66.4 cm³/mol. The number of aryl methyl sites for hydroxylation is 1. The summed E-state index contributed by atoms with van der Waals surface area (Å²) in [5, 5.41) is 4.20. The summed E-state index contributed by atoms with van der Waals surface area (Å²) in [5.74, 6) is 1.81. The Labute approximate surface area is 99.4 Å². The summed E-state index contributed by atoms with van der Waals surface area (Å²) in [7, 11) is 0. The van der Waals surface area contributed by atoms with Gasteiger partial charge in [0.1, 0.15) is 5.82 Å². The molecule has 1 aromatic heterocycles. The molecule has 5 nitrogen and oxygen atoms in total. The molecule has 0 radical (unpaired) electrons. The molecule has 0 saturated heterocycles. The fourth-order valence-electron chi connectivity index (χ4n) is 2.41. The number of hydrogen-bond donors (Lipinski definition) is 2. The van der Waals surface area contributed by atoms with Crippen LogP contribution in [0.3, 0.4) is 0 Å². The van der Waals surface area contributed by atoms with Crippen molar-refractivity contribution in [2.24, 2.45) is 0 Å². The Bertz CT molecular complexity index is 546. The summed E-state index contributed by atoms with van der Waals surface area (Å²) in [4.78, 5) is 4.20. The second kappa shape index (κ2) is 3.76. The minimum Gasteiger partial charge on any atom is -0.399 e. The van der Waals surface area contributed by atoms with Gasteiger partial charge in [0.05, 0.1) is 0 Å². The maximum atomic E-state index is 5.81. The van der Waals surface area contributed by atoms with E-state index in [1.165, 1.54) is 5.56 Å². The molecule has 0 amide bonds. The van der Waals surface area contributed by atoms with E-state index in [2.05, 4.69) is 16.1 Å². The molecule has 2 heterocycles. The third-order valence-electron chi connectivity index (χ3n) is 3.26. The number of anilines is 2. The van der Waals surface area contributed by atoms with Crippen LogP contribution in [0, 0.1) is 0 Å². The van der Waals surface area contributed by atoms with Crippen molar-refractivity contribution in [3.05, 3.63) is 35.7 Å².